The molecule has 3 aromatic rings. The number of hydrogen-bond acceptors (Lipinski definition) is 6. The lowest BCUT2D eigenvalue weighted by Gasteiger charge is -2.36. The van der Waals surface area contributed by atoms with Crippen LogP contribution in [-0.2, 0) is 5.92 Å². The molecule has 1 saturated carbocycles. The van der Waals surface area contributed by atoms with Crippen LogP contribution in [0.1, 0.15) is 63.5 Å². The lowest BCUT2D eigenvalue weighted by molar-refractivity contribution is -0.0257. The summed E-state index contributed by atoms with van der Waals surface area (Å²) < 4.78 is 30.2. The van der Waals surface area contributed by atoms with Crippen molar-refractivity contribution in [3.63, 3.8) is 0 Å². The average molecular weight is 543 g/mol. The number of carbonyl (C=O) groups is 1. The molecule has 3 aliphatic rings. The number of piperazine rings is 1. The Hall–Kier alpha value is -3.87. The summed E-state index contributed by atoms with van der Waals surface area (Å²) in [6, 6.07) is 10.3. The summed E-state index contributed by atoms with van der Waals surface area (Å²) in [5.74, 6) is 3.45. The number of anilines is 2. The van der Waals surface area contributed by atoms with Gasteiger partial charge in [0.15, 0.2) is 0 Å². The van der Waals surface area contributed by atoms with Crippen LogP contribution in [0.25, 0.3) is 0 Å². The second-order valence-corrected chi connectivity index (χ2v) is 11.0. The van der Waals surface area contributed by atoms with Crippen LogP contribution in [0.4, 0.5) is 20.4 Å². The molecule has 40 heavy (non-hydrogen) atoms. The molecule has 6 rings (SSSR count). The number of amides is 1. The van der Waals surface area contributed by atoms with E-state index in [-0.39, 0.29) is 23.9 Å². The minimum atomic E-state index is -2.94. The molecule has 2 aliphatic carbocycles. The normalized spacial score (nSPS) is 20.4. The molecular weight excluding hydrogens is 510 g/mol. The van der Waals surface area contributed by atoms with Gasteiger partial charge in [0.05, 0.1) is 5.56 Å². The van der Waals surface area contributed by atoms with E-state index < -0.39 is 5.92 Å². The number of halogens is 2. The van der Waals surface area contributed by atoms with Crippen molar-refractivity contribution in [1.29, 1.82) is 0 Å². The quantitative estimate of drug-likeness (QED) is 0.452. The molecule has 1 atom stereocenters. The van der Waals surface area contributed by atoms with E-state index in [4.69, 9.17) is 0 Å². The van der Waals surface area contributed by atoms with Gasteiger partial charge in [0.2, 0.25) is 5.95 Å². The molecule has 0 radical (unpaired) electrons. The third-order valence-electron chi connectivity index (χ3n) is 7.90. The summed E-state index contributed by atoms with van der Waals surface area (Å²) in [6.45, 7) is 5.19. The molecule has 9 heteroatoms. The number of alkyl halides is 2. The zero-order chi connectivity index (χ0) is 27.9. The van der Waals surface area contributed by atoms with E-state index in [1.807, 2.05) is 20.0 Å². The van der Waals surface area contributed by atoms with Crippen molar-refractivity contribution in [2.75, 3.05) is 43.9 Å². The van der Waals surface area contributed by atoms with Crippen LogP contribution in [0, 0.1) is 18.8 Å². The van der Waals surface area contributed by atoms with E-state index in [1.54, 1.807) is 36.7 Å². The highest BCUT2D eigenvalue weighted by molar-refractivity contribution is 6.04. The van der Waals surface area contributed by atoms with E-state index in [0.717, 1.165) is 44.6 Å². The highest BCUT2D eigenvalue weighted by atomic mass is 19.3. The molecule has 7 nitrogen and oxygen atoms in total. The standard InChI is InChI=1S/C31H32F2N6O/c1-20-3-5-23(15-22(20)6-4-21-18-34-30(35-19-21)37-24-7-8-24)29(40)36-25-9-10-26-27(16-25)31(32,33)17-28(26)39-13-11-38(2)12-14-39/h3,5,9-10,15-16,18-19,24,28H,7-8,11-14,17H2,1-2H3,(H,36,40)(H,34,35,37)/t28-/m0/s1. The SMILES string of the molecule is Cc1ccc(C(=O)Nc2ccc3c(c2)C(F)(F)C[C@@H]3N2CCN(C)CC2)cc1C#Cc1cnc(NC2CC2)nc1. The number of carbonyl (C=O) groups excluding carboxylic acids is 1. The minimum Gasteiger partial charge on any atom is -0.351 e. The Kier molecular flexibility index (Phi) is 6.99. The molecule has 2 aromatic carbocycles. The van der Waals surface area contributed by atoms with Crippen LogP contribution < -0.4 is 10.6 Å². The fourth-order valence-corrected chi connectivity index (χ4v) is 5.28. The van der Waals surface area contributed by atoms with Gasteiger partial charge in [-0.15, -0.1) is 0 Å². The predicted octanol–water partition coefficient (Wildman–Crippen LogP) is 4.80. The minimum absolute atomic E-state index is 0.00487. The lowest BCUT2D eigenvalue weighted by atomic mass is 10.0. The zero-order valence-corrected chi connectivity index (χ0v) is 22.7. The lowest BCUT2D eigenvalue weighted by Crippen LogP contribution is -2.45. The Morgan fingerprint density at radius 1 is 1.02 bits per heavy atom. The zero-order valence-electron chi connectivity index (χ0n) is 22.7. The van der Waals surface area contributed by atoms with Gasteiger partial charge >= 0.3 is 0 Å². The fourth-order valence-electron chi connectivity index (χ4n) is 5.28. The van der Waals surface area contributed by atoms with Crippen molar-refractivity contribution in [3.8, 4) is 11.8 Å². The van der Waals surface area contributed by atoms with E-state index >= 15 is 8.78 Å². The number of hydrogen-bond donors (Lipinski definition) is 2. The number of aromatic nitrogens is 2. The van der Waals surface area contributed by atoms with Crippen molar-refractivity contribution >= 4 is 17.5 Å². The predicted molar refractivity (Wildman–Crippen MR) is 151 cm³/mol. The Morgan fingerprint density at radius 2 is 1.77 bits per heavy atom. The van der Waals surface area contributed by atoms with Crippen molar-refractivity contribution in [2.24, 2.45) is 0 Å². The fraction of sp³-hybridized carbons (Fsp3) is 0.387. The molecule has 206 valence electrons. The molecule has 2 heterocycles. The van der Waals surface area contributed by atoms with Gasteiger partial charge in [0, 0.05) is 79.5 Å². The monoisotopic (exact) mass is 542 g/mol. The Bertz CT molecular complexity index is 1480. The first kappa shape index (κ1) is 26.4. The van der Waals surface area contributed by atoms with Gasteiger partial charge in [0.1, 0.15) is 0 Å². The van der Waals surface area contributed by atoms with Crippen molar-refractivity contribution in [1.82, 2.24) is 19.8 Å². The molecular formula is C31H32F2N6O. The van der Waals surface area contributed by atoms with Gasteiger partial charge in [-0.3, -0.25) is 9.69 Å². The second kappa shape index (κ2) is 10.6. The summed E-state index contributed by atoms with van der Waals surface area (Å²) in [5, 5.41) is 6.05. The number of likely N-dealkylation sites (N-methyl/N-ethyl adjacent to an activating group) is 1. The van der Waals surface area contributed by atoms with Crippen LogP contribution in [0.3, 0.4) is 0 Å². The van der Waals surface area contributed by atoms with Gasteiger partial charge in [0.25, 0.3) is 11.8 Å². The van der Waals surface area contributed by atoms with Crippen LogP contribution in [0.5, 0.6) is 0 Å². The maximum atomic E-state index is 15.1. The van der Waals surface area contributed by atoms with Crippen LogP contribution in [0.15, 0.2) is 48.8 Å². The molecule has 0 unspecified atom stereocenters. The van der Waals surface area contributed by atoms with E-state index in [2.05, 4.69) is 42.2 Å². The summed E-state index contributed by atoms with van der Waals surface area (Å²) in [4.78, 5) is 26.1. The maximum absolute atomic E-state index is 15.1. The molecule has 2 fully saturated rings. The maximum Gasteiger partial charge on any atom is 0.275 e. The van der Waals surface area contributed by atoms with Gasteiger partial charge in [-0.2, -0.15) is 0 Å². The van der Waals surface area contributed by atoms with Gasteiger partial charge in [-0.25, -0.2) is 18.7 Å². The van der Waals surface area contributed by atoms with E-state index in [9.17, 15) is 4.79 Å². The largest absolute Gasteiger partial charge is 0.351 e. The number of benzene rings is 2. The molecule has 0 bridgehead atoms. The van der Waals surface area contributed by atoms with Gasteiger partial charge in [-0.1, -0.05) is 24.0 Å². The first-order valence-corrected chi connectivity index (χ1v) is 13.7. The van der Waals surface area contributed by atoms with Crippen molar-refractivity contribution < 1.29 is 13.6 Å². The van der Waals surface area contributed by atoms with Crippen LogP contribution in [0.2, 0.25) is 0 Å². The third-order valence-corrected chi connectivity index (χ3v) is 7.90. The first-order valence-electron chi connectivity index (χ1n) is 13.7. The molecule has 1 amide bonds. The summed E-state index contributed by atoms with van der Waals surface area (Å²) in [7, 11) is 2.05. The highest BCUT2D eigenvalue weighted by Gasteiger charge is 2.47. The van der Waals surface area contributed by atoms with E-state index in [1.165, 1.54) is 6.07 Å². The number of fused-ring (bicyclic) bond motifs is 1. The topological polar surface area (TPSA) is 73.4 Å². The summed E-state index contributed by atoms with van der Waals surface area (Å²) >= 11 is 0. The summed E-state index contributed by atoms with van der Waals surface area (Å²) in [6.07, 6.45) is 5.41. The molecule has 2 N–H and O–H groups in total. The van der Waals surface area contributed by atoms with E-state index in [0.29, 0.717) is 39.9 Å². The molecule has 1 saturated heterocycles. The van der Waals surface area contributed by atoms with Gasteiger partial charge in [-0.05, 0) is 62.2 Å². The van der Waals surface area contributed by atoms with Gasteiger partial charge < -0.3 is 15.5 Å². The summed E-state index contributed by atoms with van der Waals surface area (Å²) in [5.41, 5.74) is 3.70. The van der Waals surface area contributed by atoms with Crippen LogP contribution in [-0.4, -0.2) is 64.9 Å². The molecule has 1 aromatic heterocycles. The Morgan fingerprint density at radius 3 is 2.50 bits per heavy atom. The molecule has 1 aliphatic heterocycles. The number of aryl methyl sites for hydroxylation is 1. The Balaban J connectivity index is 1.16. The second-order valence-electron chi connectivity index (χ2n) is 11.0. The van der Waals surface area contributed by atoms with Crippen molar-refractivity contribution in [2.45, 2.75) is 44.2 Å². The smallest absolute Gasteiger partial charge is 0.275 e. The first-order chi connectivity index (χ1) is 19.2. The van der Waals surface area contributed by atoms with Crippen molar-refractivity contribution in [3.05, 3.63) is 82.2 Å². The molecule has 0 spiro atoms. The average Bonchev–Trinajstić information content (AvgIpc) is 3.72. The third kappa shape index (κ3) is 5.69. The Labute approximate surface area is 233 Å². The number of nitrogens with one attached hydrogen (secondary N) is 2. The van der Waals surface area contributed by atoms with Crippen LogP contribution >= 0.6 is 0 Å². The highest BCUT2D eigenvalue weighted by Crippen LogP contribution is 2.50. The number of nitrogens with zero attached hydrogens (tertiary/aromatic N) is 4. The number of rotatable bonds is 5.